The summed E-state index contributed by atoms with van der Waals surface area (Å²) in [5, 5.41) is 12.0. The third-order valence-corrected chi connectivity index (χ3v) is 3.71. The van der Waals surface area contributed by atoms with Gasteiger partial charge < -0.3 is 15.2 Å². The molecule has 0 bridgehead atoms. The lowest BCUT2D eigenvalue weighted by Crippen LogP contribution is -2.20. The van der Waals surface area contributed by atoms with Crippen molar-refractivity contribution >= 4 is 11.9 Å². The van der Waals surface area contributed by atoms with E-state index in [-0.39, 0.29) is 11.8 Å². The van der Waals surface area contributed by atoms with E-state index >= 15 is 0 Å². The Balaban J connectivity index is 1.55. The monoisotopic (exact) mass is 299 g/mol. The first kappa shape index (κ1) is 14.5. The number of anilines is 1. The maximum Gasteiger partial charge on any atom is 0.354 e. The molecule has 1 aromatic heterocycles. The maximum atomic E-state index is 10.9. The summed E-state index contributed by atoms with van der Waals surface area (Å²) in [6.45, 7) is 1.26. The summed E-state index contributed by atoms with van der Waals surface area (Å²) in [4.78, 5) is 18.8. The molecule has 0 spiro atoms. The van der Waals surface area contributed by atoms with Gasteiger partial charge in [0.1, 0.15) is 0 Å². The first-order valence-corrected chi connectivity index (χ1v) is 7.19. The summed E-state index contributed by atoms with van der Waals surface area (Å²) < 4.78 is 5.79. The number of aromatic nitrogens is 2. The van der Waals surface area contributed by atoms with Gasteiger partial charge in [-0.05, 0) is 18.1 Å². The van der Waals surface area contributed by atoms with Crippen LogP contribution in [0, 0.1) is 0 Å². The highest BCUT2D eigenvalue weighted by Gasteiger charge is 2.26. The van der Waals surface area contributed by atoms with E-state index in [1.807, 2.05) is 18.2 Å². The highest BCUT2D eigenvalue weighted by atomic mass is 16.5. The quantitative estimate of drug-likeness (QED) is 0.880. The highest BCUT2D eigenvalue weighted by Crippen LogP contribution is 2.29. The Morgan fingerprint density at radius 2 is 2.14 bits per heavy atom. The molecular weight excluding hydrogens is 282 g/mol. The van der Waals surface area contributed by atoms with Gasteiger partial charge in [-0.15, -0.1) is 0 Å². The van der Waals surface area contributed by atoms with Gasteiger partial charge in [-0.25, -0.2) is 14.8 Å². The van der Waals surface area contributed by atoms with Crippen molar-refractivity contribution in [2.24, 2.45) is 0 Å². The number of hydrogen-bond acceptors (Lipinski definition) is 5. The largest absolute Gasteiger partial charge is 0.477 e. The number of carboxylic acid groups (broad SMARTS) is 1. The molecule has 2 atom stereocenters. The van der Waals surface area contributed by atoms with Crippen molar-refractivity contribution in [3.05, 3.63) is 53.9 Å². The van der Waals surface area contributed by atoms with Crippen molar-refractivity contribution in [2.45, 2.75) is 18.4 Å². The van der Waals surface area contributed by atoms with Crippen molar-refractivity contribution in [2.75, 3.05) is 18.5 Å². The molecule has 1 aliphatic heterocycles. The Morgan fingerprint density at radius 1 is 1.32 bits per heavy atom. The van der Waals surface area contributed by atoms with Gasteiger partial charge in [-0.3, -0.25) is 0 Å². The molecule has 0 saturated carbocycles. The van der Waals surface area contributed by atoms with Crippen molar-refractivity contribution in [1.29, 1.82) is 0 Å². The van der Waals surface area contributed by atoms with Gasteiger partial charge in [0, 0.05) is 18.7 Å². The number of carboxylic acids is 1. The fraction of sp³-hybridized carbons (Fsp3) is 0.312. The maximum absolute atomic E-state index is 10.9. The van der Waals surface area contributed by atoms with Gasteiger partial charge in [0.05, 0.1) is 12.7 Å². The lowest BCUT2D eigenvalue weighted by molar-refractivity contribution is 0.0690. The zero-order chi connectivity index (χ0) is 15.4. The second-order valence-corrected chi connectivity index (χ2v) is 5.25. The summed E-state index contributed by atoms with van der Waals surface area (Å²) >= 11 is 0. The second kappa shape index (κ2) is 6.53. The third-order valence-electron chi connectivity index (χ3n) is 3.71. The number of benzene rings is 1. The summed E-state index contributed by atoms with van der Waals surface area (Å²) in [7, 11) is 0. The second-order valence-electron chi connectivity index (χ2n) is 5.25. The van der Waals surface area contributed by atoms with Crippen LogP contribution < -0.4 is 5.32 Å². The molecule has 1 fully saturated rings. The van der Waals surface area contributed by atoms with Gasteiger partial charge in [0.25, 0.3) is 0 Å². The Bertz CT molecular complexity index is 648. The van der Waals surface area contributed by atoms with E-state index in [9.17, 15) is 4.79 Å². The Kier molecular flexibility index (Phi) is 4.29. The minimum atomic E-state index is -1.06. The molecule has 22 heavy (non-hydrogen) atoms. The van der Waals surface area contributed by atoms with E-state index in [1.165, 1.54) is 17.8 Å². The molecule has 2 heterocycles. The van der Waals surface area contributed by atoms with Crippen molar-refractivity contribution < 1.29 is 14.6 Å². The molecule has 2 N–H and O–H groups in total. The first-order valence-electron chi connectivity index (χ1n) is 7.19. The SMILES string of the molecule is O=C(O)c1ccnc(NC[C@@H]2C[C@H](c3ccccc3)CO2)n1. The van der Waals surface area contributed by atoms with Gasteiger partial charge in [0.15, 0.2) is 5.69 Å². The minimum Gasteiger partial charge on any atom is -0.477 e. The van der Waals surface area contributed by atoms with Crippen LogP contribution in [-0.2, 0) is 4.74 Å². The van der Waals surface area contributed by atoms with Crippen LogP contribution in [0.25, 0.3) is 0 Å². The fourth-order valence-electron chi connectivity index (χ4n) is 2.57. The van der Waals surface area contributed by atoms with Crippen LogP contribution in [0.1, 0.15) is 28.4 Å². The first-order chi connectivity index (χ1) is 10.7. The Morgan fingerprint density at radius 3 is 2.91 bits per heavy atom. The molecule has 114 valence electrons. The van der Waals surface area contributed by atoms with Gasteiger partial charge in [0.2, 0.25) is 5.95 Å². The molecule has 3 rings (SSSR count). The number of nitrogens with one attached hydrogen (secondary N) is 1. The zero-order valence-electron chi connectivity index (χ0n) is 12.0. The van der Waals surface area contributed by atoms with Gasteiger partial charge >= 0.3 is 5.97 Å². The molecule has 6 nitrogen and oxygen atoms in total. The number of hydrogen-bond donors (Lipinski definition) is 2. The molecular formula is C16H17N3O3. The van der Waals surface area contributed by atoms with E-state index in [0.717, 1.165) is 6.42 Å². The van der Waals surface area contributed by atoms with Gasteiger partial charge in [-0.1, -0.05) is 30.3 Å². The number of aromatic carboxylic acids is 1. The molecule has 6 heteroatoms. The molecule has 0 amide bonds. The smallest absolute Gasteiger partial charge is 0.354 e. The van der Waals surface area contributed by atoms with Gasteiger partial charge in [-0.2, -0.15) is 0 Å². The van der Waals surface area contributed by atoms with Crippen LogP contribution in [0.3, 0.4) is 0 Å². The summed E-state index contributed by atoms with van der Waals surface area (Å²) in [6, 6.07) is 11.7. The van der Waals surface area contributed by atoms with Crippen molar-refractivity contribution in [3.63, 3.8) is 0 Å². The third kappa shape index (κ3) is 3.40. The van der Waals surface area contributed by atoms with Crippen LogP contribution in [0.2, 0.25) is 0 Å². The van der Waals surface area contributed by atoms with E-state index in [4.69, 9.17) is 9.84 Å². The molecule has 0 unspecified atom stereocenters. The topological polar surface area (TPSA) is 84.3 Å². The van der Waals surface area contributed by atoms with E-state index in [0.29, 0.717) is 25.0 Å². The normalized spacial score (nSPS) is 20.7. The highest BCUT2D eigenvalue weighted by molar-refractivity contribution is 5.85. The molecule has 2 aromatic rings. The summed E-state index contributed by atoms with van der Waals surface area (Å²) in [6.07, 6.45) is 2.43. The predicted octanol–water partition coefficient (Wildman–Crippen LogP) is 2.16. The molecule has 1 aromatic carbocycles. The predicted molar refractivity (Wildman–Crippen MR) is 81.0 cm³/mol. The van der Waals surface area contributed by atoms with Crippen LogP contribution >= 0.6 is 0 Å². The minimum absolute atomic E-state index is 0.0213. The number of carbonyl (C=O) groups is 1. The number of ether oxygens (including phenoxy) is 1. The molecule has 0 radical (unpaired) electrons. The summed E-state index contributed by atoms with van der Waals surface area (Å²) in [5.74, 6) is -0.349. The molecule has 1 saturated heterocycles. The van der Waals surface area contributed by atoms with E-state index in [2.05, 4.69) is 27.4 Å². The van der Waals surface area contributed by atoms with Crippen LogP contribution in [0.5, 0.6) is 0 Å². The van der Waals surface area contributed by atoms with Crippen molar-refractivity contribution in [3.8, 4) is 0 Å². The average molecular weight is 299 g/mol. The van der Waals surface area contributed by atoms with Crippen LogP contribution in [0.15, 0.2) is 42.6 Å². The number of nitrogens with zero attached hydrogens (tertiary/aromatic N) is 2. The Labute approximate surface area is 128 Å². The standard InChI is InChI=1S/C16H17N3O3/c20-15(21)14-6-7-17-16(19-14)18-9-13-8-12(10-22-13)11-4-2-1-3-5-11/h1-7,12-13H,8-10H2,(H,20,21)(H,17,18,19)/t12-,13-/m0/s1. The Hall–Kier alpha value is -2.47. The van der Waals surface area contributed by atoms with E-state index < -0.39 is 5.97 Å². The van der Waals surface area contributed by atoms with E-state index in [1.54, 1.807) is 0 Å². The lowest BCUT2D eigenvalue weighted by atomic mass is 9.96. The fourth-order valence-corrected chi connectivity index (χ4v) is 2.57. The molecule has 1 aliphatic rings. The average Bonchev–Trinajstić information content (AvgIpc) is 3.03. The number of rotatable bonds is 5. The van der Waals surface area contributed by atoms with Crippen LogP contribution in [0.4, 0.5) is 5.95 Å². The van der Waals surface area contributed by atoms with Crippen molar-refractivity contribution in [1.82, 2.24) is 9.97 Å². The molecule has 0 aliphatic carbocycles. The zero-order valence-corrected chi connectivity index (χ0v) is 12.0. The van der Waals surface area contributed by atoms with Crippen LogP contribution in [-0.4, -0.2) is 40.3 Å². The summed E-state index contributed by atoms with van der Waals surface area (Å²) in [5.41, 5.74) is 1.26. The lowest BCUT2D eigenvalue weighted by Gasteiger charge is -2.11.